The van der Waals surface area contributed by atoms with Gasteiger partial charge in [0.15, 0.2) is 11.5 Å². The van der Waals surface area contributed by atoms with Crippen molar-refractivity contribution in [1.82, 2.24) is 10.2 Å². The number of hydrogen-bond acceptors (Lipinski definition) is 6. The van der Waals surface area contributed by atoms with E-state index in [0.717, 1.165) is 11.1 Å². The van der Waals surface area contributed by atoms with Gasteiger partial charge in [-0.15, -0.1) is 5.10 Å². The first-order valence-electron chi connectivity index (χ1n) is 7.88. The Balaban J connectivity index is 1.78. The lowest BCUT2D eigenvalue weighted by molar-refractivity contribution is 0.284. The molecule has 2 aromatic carbocycles. The molecule has 0 radical (unpaired) electrons. The first-order valence-corrected chi connectivity index (χ1v) is 8.26. The Kier molecular flexibility index (Phi) is 5.43. The summed E-state index contributed by atoms with van der Waals surface area (Å²) in [5.74, 6) is 1.33. The van der Waals surface area contributed by atoms with E-state index in [1.807, 2.05) is 37.3 Å². The summed E-state index contributed by atoms with van der Waals surface area (Å²) < 4.78 is 16.4. The number of aryl methyl sites for hydroxylation is 1. The van der Waals surface area contributed by atoms with Crippen molar-refractivity contribution in [2.75, 3.05) is 12.8 Å². The minimum atomic E-state index is 0.0140. The highest BCUT2D eigenvalue weighted by Gasteiger charge is 2.12. The van der Waals surface area contributed by atoms with E-state index in [9.17, 15) is 0 Å². The number of rotatable bonds is 6. The molecule has 0 aliphatic heterocycles. The Bertz CT molecular complexity index is 920. The number of halogens is 1. The van der Waals surface area contributed by atoms with Crippen molar-refractivity contribution >= 4 is 29.8 Å². The average molecular weight is 372 g/mol. The molecule has 2 N–H and O–H groups in total. The highest BCUT2D eigenvalue weighted by atomic mass is 35.5. The molecule has 0 bridgehead atoms. The number of anilines is 1. The topological polar surface area (TPSA) is 83.4 Å². The molecule has 0 amide bonds. The third-order valence-corrected chi connectivity index (χ3v) is 3.91. The Morgan fingerprint density at radius 1 is 1.15 bits per heavy atom. The molecule has 0 fully saturated rings. The van der Waals surface area contributed by atoms with Crippen LogP contribution >= 0.6 is 11.6 Å². The van der Waals surface area contributed by atoms with E-state index in [1.54, 1.807) is 25.3 Å². The maximum absolute atomic E-state index is 6.38. The lowest BCUT2D eigenvalue weighted by atomic mass is 10.1. The van der Waals surface area contributed by atoms with Crippen LogP contribution < -0.4 is 15.2 Å². The normalized spacial score (nSPS) is 11.0. The zero-order chi connectivity index (χ0) is 18.5. The maximum atomic E-state index is 6.38. The molecular formula is C19H18ClN3O3. The van der Waals surface area contributed by atoms with Crippen LogP contribution in [0.2, 0.25) is 5.02 Å². The minimum absolute atomic E-state index is 0.0140. The van der Waals surface area contributed by atoms with Crippen molar-refractivity contribution in [3.8, 4) is 11.5 Å². The van der Waals surface area contributed by atoms with Crippen LogP contribution in [0.3, 0.4) is 0 Å². The van der Waals surface area contributed by atoms with E-state index in [1.165, 1.54) is 5.56 Å². The first-order chi connectivity index (χ1) is 12.5. The van der Waals surface area contributed by atoms with Gasteiger partial charge in [-0.1, -0.05) is 46.5 Å². The number of ether oxygens (including phenoxy) is 2. The summed E-state index contributed by atoms with van der Waals surface area (Å²) in [5, 5.41) is 7.80. The van der Waals surface area contributed by atoms with Crippen molar-refractivity contribution in [3.63, 3.8) is 0 Å². The Morgan fingerprint density at radius 3 is 2.58 bits per heavy atom. The fraction of sp³-hybridized carbons (Fsp3) is 0.158. The molecule has 3 rings (SSSR count). The molecule has 1 aromatic heterocycles. The van der Waals surface area contributed by atoms with Crippen molar-refractivity contribution < 1.29 is 13.9 Å². The highest BCUT2D eigenvalue weighted by Crippen LogP contribution is 2.37. The van der Waals surface area contributed by atoms with Gasteiger partial charge in [-0.05, 0) is 36.3 Å². The van der Waals surface area contributed by atoms with Crippen LogP contribution in [0.25, 0.3) is 12.2 Å². The van der Waals surface area contributed by atoms with Gasteiger partial charge < -0.3 is 19.6 Å². The second kappa shape index (κ2) is 7.93. The Hall–Kier alpha value is -2.99. The average Bonchev–Trinajstić information content (AvgIpc) is 3.05. The Morgan fingerprint density at radius 2 is 1.92 bits per heavy atom. The molecule has 7 heteroatoms. The lowest BCUT2D eigenvalue weighted by Crippen LogP contribution is -1.99. The minimum Gasteiger partial charge on any atom is -0.493 e. The highest BCUT2D eigenvalue weighted by molar-refractivity contribution is 6.32. The van der Waals surface area contributed by atoms with Gasteiger partial charge in [-0.2, -0.15) is 0 Å². The summed E-state index contributed by atoms with van der Waals surface area (Å²) in [5.41, 5.74) is 8.44. The fourth-order valence-electron chi connectivity index (χ4n) is 2.30. The van der Waals surface area contributed by atoms with Gasteiger partial charge in [0.05, 0.1) is 12.1 Å². The molecule has 0 saturated heterocycles. The van der Waals surface area contributed by atoms with Crippen LogP contribution in [0.1, 0.15) is 22.6 Å². The van der Waals surface area contributed by atoms with E-state index < -0.39 is 0 Å². The molecule has 0 unspecified atom stereocenters. The molecule has 6 nitrogen and oxygen atoms in total. The summed E-state index contributed by atoms with van der Waals surface area (Å²) in [7, 11) is 1.57. The predicted molar refractivity (Wildman–Crippen MR) is 101 cm³/mol. The lowest BCUT2D eigenvalue weighted by Gasteiger charge is -2.13. The molecule has 0 atom stereocenters. The smallest absolute Gasteiger partial charge is 0.313 e. The molecule has 3 aromatic rings. The van der Waals surface area contributed by atoms with Gasteiger partial charge in [0.2, 0.25) is 5.89 Å². The van der Waals surface area contributed by atoms with Gasteiger partial charge in [-0.25, -0.2) is 0 Å². The van der Waals surface area contributed by atoms with E-state index >= 15 is 0 Å². The Labute approximate surface area is 156 Å². The molecule has 0 saturated carbocycles. The number of benzene rings is 2. The van der Waals surface area contributed by atoms with Crippen LogP contribution in [-0.2, 0) is 6.61 Å². The molecule has 26 heavy (non-hydrogen) atoms. The molecular weight excluding hydrogens is 354 g/mol. The van der Waals surface area contributed by atoms with Gasteiger partial charge >= 0.3 is 6.01 Å². The molecule has 0 spiro atoms. The van der Waals surface area contributed by atoms with Crippen LogP contribution in [-0.4, -0.2) is 17.3 Å². The predicted octanol–water partition coefficient (Wildman–Crippen LogP) is 4.37. The second-order valence-electron chi connectivity index (χ2n) is 5.62. The van der Waals surface area contributed by atoms with Crippen LogP contribution in [0, 0.1) is 6.92 Å². The molecule has 1 heterocycles. The van der Waals surface area contributed by atoms with Crippen molar-refractivity contribution in [2.24, 2.45) is 0 Å². The fourth-order valence-corrected chi connectivity index (χ4v) is 2.57. The quantitative estimate of drug-likeness (QED) is 0.692. The number of hydrogen-bond donors (Lipinski definition) is 1. The monoisotopic (exact) mass is 371 g/mol. The first kappa shape index (κ1) is 17.8. The number of methoxy groups -OCH3 is 1. The summed E-state index contributed by atoms with van der Waals surface area (Å²) in [4.78, 5) is 0. The summed E-state index contributed by atoms with van der Waals surface area (Å²) >= 11 is 6.38. The zero-order valence-corrected chi connectivity index (χ0v) is 15.2. The maximum Gasteiger partial charge on any atom is 0.313 e. The third-order valence-electron chi connectivity index (χ3n) is 3.63. The largest absolute Gasteiger partial charge is 0.493 e. The third kappa shape index (κ3) is 4.34. The molecule has 0 aliphatic carbocycles. The van der Waals surface area contributed by atoms with Crippen molar-refractivity contribution in [2.45, 2.75) is 13.5 Å². The summed E-state index contributed by atoms with van der Waals surface area (Å²) in [6.45, 7) is 2.44. The SMILES string of the molecule is COc1cc(/C=C/c2nnc(N)o2)cc(Cl)c1OCc1ccc(C)cc1. The number of nitrogen functional groups attached to an aromatic ring is 1. The number of nitrogens with zero attached hydrogens (tertiary/aromatic N) is 2. The van der Waals surface area contributed by atoms with Gasteiger partial charge in [0.25, 0.3) is 0 Å². The number of aromatic nitrogens is 2. The van der Waals surface area contributed by atoms with E-state index in [-0.39, 0.29) is 6.01 Å². The van der Waals surface area contributed by atoms with Crippen molar-refractivity contribution in [3.05, 3.63) is 64.0 Å². The van der Waals surface area contributed by atoms with Crippen LogP contribution in [0.4, 0.5) is 6.01 Å². The molecule has 134 valence electrons. The summed E-state index contributed by atoms with van der Waals surface area (Å²) in [6, 6.07) is 11.7. The van der Waals surface area contributed by atoms with Crippen LogP contribution in [0.5, 0.6) is 11.5 Å². The van der Waals surface area contributed by atoms with E-state index in [4.69, 9.17) is 31.2 Å². The zero-order valence-electron chi connectivity index (χ0n) is 14.4. The van der Waals surface area contributed by atoms with Crippen LogP contribution in [0.15, 0.2) is 40.8 Å². The van der Waals surface area contributed by atoms with Gasteiger partial charge in [0.1, 0.15) is 6.61 Å². The number of nitrogens with two attached hydrogens (primary N) is 1. The van der Waals surface area contributed by atoms with E-state index in [0.29, 0.717) is 29.0 Å². The second-order valence-corrected chi connectivity index (χ2v) is 6.03. The van der Waals surface area contributed by atoms with Crippen molar-refractivity contribution in [1.29, 1.82) is 0 Å². The van der Waals surface area contributed by atoms with Gasteiger partial charge in [-0.3, -0.25) is 0 Å². The van der Waals surface area contributed by atoms with Gasteiger partial charge in [0, 0.05) is 6.08 Å². The summed E-state index contributed by atoms with van der Waals surface area (Å²) in [6.07, 6.45) is 3.41. The standard InChI is InChI=1S/C19H18ClN3O3/c1-12-3-5-13(6-4-12)11-25-18-15(20)9-14(10-16(18)24-2)7-8-17-22-23-19(21)26-17/h3-10H,11H2,1-2H3,(H2,21,23)/b8-7+. The molecule has 0 aliphatic rings. The van der Waals surface area contributed by atoms with E-state index in [2.05, 4.69) is 10.2 Å².